The Labute approximate surface area is 96.3 Å². The maximum atomic E-state index is 8.74. The van der Waals surface area contributed by atoms with Crippen molar-refractivity contribution in [3.63, 3.8) is 0 Å². The van der Waals surface area contributed by atoms with Crippen LogP contribution in [-0.2, 0) is 0 Å². The Hall–Kier alpha value is -1.37. The molecular formula is C13H17N3. The molecule has 3 nitrogen and oxygen atoms in total. The van der Waals surface area contributed by atoms with Gasteiger partial charge in [-0.25, -0.2) is 0 Å². The molecule has 3 N–H and O–H groups in total. The molecule has 2 rings (SSSR count). The number of fused-ring (bicyclic) bond motifs is 1. The molecular weight excluding hydrogens is 198 g/mol. The van der Waals surface area contributed by atoms with E-state index in [0.29, 0.717) is 6.04 Å². The summed E-state index contributed by atoms with van der Waals surface area (Å²) >= 11 is 0. The number of hydrogen-bond donors (Lipinski definition) is 2. The van der Waals surface area contributed by atoms with Gasteiger partial charge in [0.25, 0.3) is 0 Å². The Morgan fingerprint density at radius 3 is 2.88 bits per heavy atom. The van der Waals surface area contributed by atoms with Crippen molar-refractivity contribution in [2.45, 2.75) is 25.4 Å². The van der Waals surface area contributed by atoms with Crippen molar-refractivity contribution < 1.29 is 0 Å². The summed E-state index contributed by atoms with van der Waals surface area (Å²) in [6, 6.07) is 11.0. The minimum Gasteiger partial charge on any atom is -0.324 e. The van der Waals surface area contributed by atoms with Gasteiger partial charge < -0.3 is 11.1 Å². The van der Waals surface area contributed by atoms with Crippen LogP contribution in [0.4, 0.5) is 0 Å². The highest BCUT2D eigenvalue weighted by molar-refractivity contribution is 5.37. The quantitative estimate of drug-likeness (QED) is 0.809. The SMILES string of the molecule is CC(C#N)CNC1CC(N)c2ccccc21. The summed E-state index contributed by atoms with van der Waals surface area (Å²) in [6.45, 7) is 2.65. The van der Waals surface area contributed by atoms with Crippen molar-refractivity contribution in [3.05, 3.63) is 35.4 Å². The molecule has 0 saturated heterocycles. The van der Waals surface area contributed by atoms with Gasteiger partial charge in [0.2, 0.25) is 0 Å². The first-order chi connectivity index (χ1) is 7.72. The third-order valence-electron chi connectivity index (χ3n) is 3.15. The average Bonchev–Trinajstić information content (AvgIpc) is 2.64. The lowest BCUT2D eigenvalue weighted by Crippen LogP contribution is -2.24. The fourth-order valence-electron chi connectivity index (χ4n) is 2.23. The van der Waals surface area contributed by atoms with E-state index in [2.05, 4.69) is 23.5 Å². The first-order valence-corrected chi connectivity index (χ1v) is 5.69. The third-order valence-corrected chi connectivity index (χ3v) is 3.15. The molecule has 0 saturated carbocycles. The van der Waals surface area contributed by atoms with Crippen molar-refractivity contribution in [2.24, 2.45) is 11.7 Å². The molecule has 16 heavy (non-hydrogen) atoms. The van der Waals surface area contributed by atoms with Gasteiger partial charge in [0, 0.05) is 18.6 Å². The van der Waals surface area contributed by atoms with Crippen LogP contribution in [0.15, 0.2) is 24.3 Å². The van der Waals surface area contributed by atoms with E-state index < -0.39 is 0 Å². The fraction of sp³-hybridized carbons (Fsp3) is 0.462. The van der Waals surface area contributed by atoms with E-state index in [4.69, 9.17) is 11.0 Å². The first kappa shape index (κ1) is 11.1. The van der Waals surface area contributed by atoms with Gasteiger partial charge in [0.15, 0.2) is 0 Å². The minimum atomic E-state index is 0.0454. The predicted molar refractivity (Wildman–Crippen MR) is 63.5 cm³/mol. The largest absolute Gasteiger partial charge is 0.324 e. The number of rotatable bonds is 3. The molecule has 0 aliphatic heterocycles. The van der Waals surface area contributed by atoms with Crippen LogP contribution in [0.25, 0.3) is 0 Å². The second-order valence-electron chi connectivity index (χ2n) is 4.46. The van der Waals surface area contributed by atoms with Gasteiger partial charge in [-0.05, 0) is 24.5 Å². The van der Waals surface area contributed by atoms with E-state index in [0.717, 1.165) is 13.0 Å². The van der Waals surface area contributed by atoms with E-state index in [9.17, 15) is 0 Å². The molecule has 3 atom stereocenters. The summed E-state index contributed by atoms with van der Waals surface area (Å²) in [4.78, 5) is 0. The monoisotopic (exact) mass is 215 g/mol. The highest BCUT2D eigenvalue weighted by Gasteiger charge is 2.27. The molecule has 0 aromatic heterocycles. The lowest BCUT2D eigenvalue weighted by Gasteiger charge is -2.14. The van der Waals surface area contributed by atoms with Crippen molar-refractivity contribution in [2.75, 3.05) is 6.54 Å². The third kappa shape index (κ3) is 2.08. The van der Waals surface area contributed by atoms with Gasteiger partial charge in [-0.1, -0.05) is 24.3 Å². The van der Waals surface area contributed by atoms with Crippen LogP contribution in [0, 0.1) is 17.2 Å². The fourth-order valence-corrected chi connectivity index (χ4v) is 2.23. The molecule has 1 aliphatic carbocycles. The van der Waals surface area contributed by atoms with Crippen molar-refractivity contribution >= 4 is 0 Å². The predicted octanol–water partition coefficient (Wildman–Crippen LogP) is 1.88. The molecule has 84 valence electrons. The Morgan fingerprint density at radius 1 is 1.50 bits per heavy atom. The molecule has 0 heterocycles. The summed E-state index contributed by atoms with van der Waals surface area (Å²) in [5.74, 6) is 0.0454. The zero-order chi connectivity index (χ0) is 11.5. The Balaban J connectivity index is 2.07. The van der Waals surface area contributed by atoms with E-state index in [1.807, 2.05) is 19.1 Å². The molecule has 1 aliphatic rings. The summed E-state index contributed by atoms with van der Waals surface area (Å²) < 4.78 is 0. The summed E-state index contributed by atoms with van der Waals surface area (Å²) in [7, 11) is 0. The number of nitrogens with two attached hydrogens (primary N) is 1. The smallest absolute Gasteiger partial charge is 0.0666 e. The molecule has 0 fully saturated rings. The number of nitriles is 1. The minimum absolute atomic E-state index is 0.0454. The zero-order valence-corrected chi connectivity index (χ0v) is 9.48. The highest BCUT2D eigenvalue weighted by atomic mass is 14.9. The van der Waals surface area contributed by atoms with Crippen molar-refractivity contribution in [3.8, 4) is 6.07 Å². The second-order valence-corrected chi connectivity index (χ2v) is 4.46. The molecule has 0 spiro atoms. The summed E-state index contributed by atoms with van der Waals surface area (Å²) in [6.07, 6.45) is 0.928. The zero-order valence-electron chi connectivity index (χ0n) is 9.48. The van der Waals surface area contributed by atoms with Gasteiger partial charge in [0.1, 0.15) is 0 Å². The van der Waals surface area contributed by atoms with Crippen molar-refractivity contribution in [1.29, 1.82) is 5.26 Å². The lowest BCUT2D eigenvalue weighted by atomic mass is 10.1. The maximum Gasteiger partial charge on any atom is 0.0666 e. The van der Waals surface area contributed by atoms with E-state index in [1.54, 1.807) is 0 Å². The Kier molecular flexibility index (Phi) is 3.23. The molecule has 3 unspecified atom stereocenters. The van der Waals surface area contributed by atoms with Gasteiger partial charge in [-0.3, -0.25) is 0 Å². The first-order valence-electron chi connectivity index (χ1n) is 5.69. The van der Waals surface area contributed by atoms with Crippen molar-refractivity contribution in [1.82, 2.24) is 5.32 Å². The van der Waals surface area contributed by atoms with E-state index in [1.165, 1.54) is 11.1 Å². The molecule has 0 amide bonds. The number of hydrogen-bond acceptors (Lipinski definition) is 3. The molecule has 1 aromatic carbocycles. The Bertz CT molecular complexity index is 408. The van der Waals surface area contributed by atoms with E-state index in [-0.39, 0.29) is 12.0 Å². The van der Waals surface area contributed by atoms with Crippen LogP contribution < -0.4 is 11.1 Å². The molecule has 0 radical (unpaired) electrons. The Morgan fingerprint density at radius 2 is 2.19 bits per heavy atom. The van der Waals surface area contributed by atoms with Crippen LogP contribution in [0.1, 0.15) is 36.6 Å². The maximum absolute atomic E-state index is 8.74. The van der Waals surface area contributed by atoms with Crippen LogP contribution in [0.2, 0.25) is 0 Å². The van der Waals surface area contributed by atoms with Crippen LogP contribution in [-0.4, -0.2) is 6.54 Å². The topological polar surface area (TPSA) is 61.8 Å². The van der Waals surface area contributed by atoms with Crippen LogP contribution >= 0.6 is 0 Å². The van der Waals surface area contributed by atoms with Gasteiger partial charge in [-0.2, -0.15) is 5.26 Å². The normalized spacial score (nSPS) is 24.8. The van der Waals surface area contributed by atoms with Crippen LogP contribution in [0.5, 0.6) is 0 Å². The van der Waals surface area contributed by atoms with Gasteiger partial charge in [0.05, 0.1) is 12.0 Å². The van der Waals surface area contributed by atoms with Crippen LogP contribution in [0.3, 0.4) is 0 Å². The standard InChI is InChI=1S/C13H17N3/c1-9(7-14)8-16-13-6-12(15)10-4-2-3-5-11(10)13/h2-5,9,12-13,16H,6,8,15H2,1H3. The molecule has 1 aromatic rings. The highest BCUT2D eigenvalue weighted by Crippen LogP contribution is 2.36. The summed E-state index contributed by atoms with van der Waals surface area (Å²) in [5, 5.41) is 12.2. The molecule has 3 heteroatoms. The molecule has 0 bridgehead atoms. The van der Waals surface area contributed by atoms with E-state index >= 15 is 0 Å². The van der Waals surface area contributed by atoms with Gasteiger partial charge >= 0.3 is 0 Å². The number of nitrogens with one attached hydrogen (secondary N) is 1. The second kappa shape index (κ2) is 4.65. The lowest BCUT2D eigenvalue weighted by molar-refractivity contribution is 0.474. The number of benzene rings is 1. The number of nitrogens with zero attached hydrogens (tertiary/aromatic N) is 1. The average molecular weight is 215 g/mol. The van der Waals surface area contributed by atoms with Gasteiger partial charge in [-0.15, -0.1) is 0 Å². The summed E-state index contributed by atoms with van der Waals surface area (Å²) in [5.41, 5.74) is 8.60.